The van der Waals surface area contributed by atoms with Crippen LogP contribution in [0.15, 0.2) is 58.8 Å². The highest BCUT2D eigenvalue weighted by Crippen LogP contribution is 2.13. The van der Waals surface area contributed by atoms with Crippen LogP contribution in [-0.4, -0.2) is 10.8 Å². The first-order chi connectivity index (χ1) is 10.6. The van der Waals surface area contributed by atoms with Crippen molar-refractivity contribution in [2.24, 2.45) is 10.2 Å². The van der Waals surface area contributed by atoms with Gasteiger partial charge in [0, 0.05) is 23.3 Å². The largest absolute Gasteiger partial charge is 0.360 e. The normalized spacial score (nSPS) is 9.23. The van der Waals surface area contributed by atoms with Gasteiger partial charge in [0.15, 0.2) is 10.8 Å². The number of benzene rings is 2. The van der Waals surface area contributed by atoms with Crippen molar-refractivity contribution in [3.05, 3.63) is 69.8 Å². The van der Waals surface area contributed by atoms with Gasteiger partial charge in [0.2, 0.25) is 10.0 Å². The van der Waals surface area contributed by atoms with E-state index in [4.69, 9.17) is 6.42 Å². The second kappa shape index (κ2) is 6.70. The van der Waals surface area contributed by atoms with Crippen LogP contribution in [0.2, 0.25) is 0 Å². The lowest BCUT2D eigenvalue weighted by Gasteiger charge is -1.91. The number of hydrogen-bond donors (Lipinski definition) is 0. The Morgan fingerprint density at radius 3 is 2.59 bits per heavy atom. The van der Waals surface area contributed by atoms with Crippen molar-refractivity contribution in [1.82, 2.24) is 4.91 Å². The number of nitrogens with zero attached hydrogens (tertiary/aromatic N) is 4. The van der Waals surface area contributed by atoms with Gasteiger partial charge in [-0.15, -0.1) is 6.42 Å². The molecule has 0 aliphatic rings. The minimum atomic E-state index is -0.647. The zero-order valence-corrected chi connectivity index (χ0v) is 11.2. The molecule has 106 valence electrons. The summed E-state index contributed by atoms with van der Waals surface area (Å²) in [5, 5.41) is 17.7. The first-order valence-corrected chi connectivity index (χ1v) is 6.07. The number of carbonyl (C=O) groups is 1. The van der Waals surface area contributed by atoms with E-state index in [9.17, 15) is 14.9 Å². The lowest BCUT2D eigenvalue weighted by molar-refractivity contribution is -0.384. The van der Waals surface area contributed by atoms with Gasteiger partial charge in [-0.25, -0.2) is 0 Å². The molecule has 0 aromatic heterocycles. The van der Waals surface area contributed by atoms with Crippen LogP contribution in [0, 0.1) is 22.5 Å². The first-order valence-electron chi connectivity index (χ1n) is 6.07. The summed E-state index contributed by atoms with van der Waals surface area (Å²) in [4.78, 5) is 25.1. The molecule has 0 saturated heterocycles. The topological polar surface area (TPSA) is 99.0 Å². The second-order valence-electron chi connectivity index (χ2n) is 4.09. The zero-order valence-electron chi connectivity index (χ0n) is 11.2. The van der Waals surface area contributed by atoms with E-state index in [0.717, 1.165) is 0 Å². The molecule has 2 aromatic carbocycles. The molecule has 0 atom stereocenters. The third-order valence-corrected chi connectivity index (χ3v) is 2.63. The van der Waals surface area contributed by atoms with Gasteiger partial charge in [-0.3, -0.25) is 14.9 Å². The number of non-ortho nitro benzene ring substituents is 1. The minimum Gasteiger partial charge on any atom is -0.259 e. The van der Waals surface area contributed by atoms with Gasteiger partial charge >= 0.3 is 5.91 Å². The predicted octanol–water partition coefficient (Wildman–Crippen LogP) is 3.02. The number of hydrogen-bond acceptors (Lipinski definition) is 4. The fourth-order valence-corrected chi connectivity index (χ4v) is 1.56. The molecule has 0 unspecified atom stereocenters. The summed E-state index contributed by atoms with van der Waals surface area (Å²) in [5.74, 6) is 1.81. The highest BCUT2D eigenvalue weighted by molar-refractivity contribution is 5.94. The molecule has 2 rings (SSSR count). The molecule has 0 spiro atoms. The Labute approximate surface area is 125 Å². The SMILES string of the molecule is C#Cc1cccc(N=[N+]=NC(=O)c2ccc([N+](=O)[O-])cc2)c1. The fraction of sp³-hybridized carbons (Fsp3) is 0. The second-order valence-corrected chi connectivity index (χ2v) is 4.09. The maximum Gasteiger partial charge on any atom is 0.360 e. The van der Waals surface area contributed by atoms with Crippen LogP contribution in [0.4, 0.5) is 11.4 Å². The van der Waals surface area contributed by atoms with E-state index in [0.29, 0.717) is 11.3 Å². The van der Waals surface area contributed by atoms with Crippen LogP contribution in [0.3, 0.4) is 0 Å². The van der Waals surface area contributed by atoms with Crippen molar-refractivity contribution in [2.45, 2.75) is 0 Å². The van der Waals surface area contributed by atoms with Crippen LogP contribution in [0.25, 0.3) is 0 Å². The van der Waals surface area contributed by atoms with Crippen LogP contribution >= 0.6 is 0 Å². The molecule has 2 aromatic rings. The summed E-state index contributed by atoms with van der Waals surface area (Å²) >= 11 is 0. The van der Waals surface area contributed by atoms with Gasteiger partial charge < -0.3 is 0 Å². The minimum absolute atomic E-state index is 0.107. The Kier molecular flexibility index (Phi) is 4.50. The summed E-state index contributed by atoms with van der Waals surface area (Å²) in [5.41, 5.74) is 1.18. The lowest BCUT2D eigenvalue weighted by atomic mass is 10.2. The Balaban J connectivity index is 2.15. The molecular formula is C15H9N4O3+. The smallest absolute Gasteiger partial charge is 0.259 e. The summed E-state index contributed by atoms with van der Waals surface area (Å²) < 4.78 is 0. The van der Waals surface area contributed by atoms with Crippen molar-refractivity contribution in [3.8, 4) is 12.3 Å². The lowest BCUT2D eigenvalue weighted by Crippen LogP contribution is -1.95. The average Bonchev–Trinajstić information content (AvgIpc) is 2.55. The molecule has 7 nitrogen and oxygen atoms in total. The van der Waals surface area contributed by atoms with Gasteiger partial charge in [-0.05, 0) is 30.3 Å². The highest BCUT2D eigenvalue weighted by atomic mass is 16.6. The zero-order chi connectivity index (χ0) is 15.9. The average molecular weight is 293 g/mol. The number of nitro groups is 1. The van der Waals surface area contributed by atoms with Crippen LogP contribution in [0.1, 0.15) is 15.9 Å². The molecule has 0 aliphatic carbocycles. The molecule has 0 saturated carbocycles. The van der Waals surface area contributed by atoms with E-state index in [1.165, 1.54) is 24.3 Å². The molecule has 1 amide bonds. The van der Waals surface area contributed by atoms with Gasteiger partial charge in [0.05, 0.1) is 4.92 Å². The Morgan fingerprint density at radius 2 is 1.95 bits per heavy atom. The number of rotatable bonds is 3. The maximum absolute atomic E-state index is 11.7. The molecule has 0 fully saturated rings. The molecular weight excluding hydrogens is 284 g/mol. The fourth-order valence-electron chi connectivity index (χ4n) is 1.56. The standard InChI is InChI=1S/C15H9N4O3/c1-2-11-4-3-5-13(10-11)16-18-17-15(20)12-6-8-14(9-7-12)19(21)22/h1,3-10H/q+1. The number of carbonyl (C=O) groups excluding carboxylic acids is 1. The predicted molar refractivity (Wildman–Crippen MR) is 78.5 cm³/mol. The monoisotopic (exact) mass is 293 g/mol. The Morgan fingerprint density at radius 1 is 1.23 bits per heavy atom. The van der Waals surface area contributed by atoms with Crippen LogP contribution in [0.5, 0.6) is 0 Å². The summed E-state index contributed by atoms with van der Waals surface area (Å²) in [7, 11) is 0. The highest BCUT2D eigenvalue weighted by Gasteiger charge is 2.12. The number of amides is 1. The first kappa shape index (κ1) is 14.8. The molecule has 0 N–H and O–H groups in total. The van der Waals surface area contributed by atoms with Crippen LogP contribution in [-0.2, 0) is 0 Å². The van der Waals surface area contributed by atoms with Crippen molar-refractivity contribution >= 4 is 17.3 Å². The number of nitro benzene ring substituents is 1. The molecule has 0 radical (unpaired) electrons. The quantitative estimate of drug-likeness (QED) is 0.286. The van der Waals surface area contributed by atoms with Gasteiger partial charge in [-0.1, -0.05) is 12.0 Å². The molecule has 22 heavy (non-hydrogen) atoms. The summed E-state index contributed by atoms with van der Waals surface area (Å²) in [6.45, 7) is 0. The van der Waals surface area contributed by atoms with E-state index in [1.54, 1.807) is 24.3 Å². The number of terminal acetylenes is 1. The maximum atomic E-state index is 11.7. The van der Waals surface area contributed by atoms with Crippen molar-refractivity contribution in [2.75, 3.05) is 0 Å². The van der Waals surface area contributed by atoms with Crippen molar-refractivity contribution in [3.63, 3.8) is 0 Å². The third kappa shape index (κ3) is 3.70. The van der Waals surface area contributed by atoms with Gasteiger partial charge in [-0.2, -0.15) is 0 Å². The van der Waals surface area contributed by atoms with Crippen LogP contribution < -0.4 is 4.91 Å². The van der Waals surface area contributed by atoms with Crippen molar-refractivity contribution < 1.29 is 9.72 Å². The van der Waals surface area contributed by atoms with E-state index in [2.05, 4.69) is 21.1 Å². The third-order valence-electron chi connectivity index (χ3n) is 2.63. The van der Waals surface area contributed by atoms with Gasteiger partial charge in [0.1, 0.15) is 0 Å². The van der Waals surface area contributed by atoms with E-state index >= 15 is 0 Å². The van der Waals surface area contributed by atoms with Crippen molar-refractivity contribution in [1.29, 1.82) is 0 Å². The molecule has 7 heteroatoms. The van der Waals surface area contributed by atoms with Gasteiger partial charge in [0.25, 0.3) is 5.69 Å². The summed E-state index contributed by atoms with van der Waals surface area (Å²) in [6.07, 6.45) is 5.26. The Bertz CT molecular complexity index is 829. The molecule has 0 aliphatic heterocycles. The van der Waals surface area contributed by atoms with E-state index in [-0.39, 0.29) is 11.3 Å². The Hall–Kier alpha value is -3.62. The molecule has 0 bridgehead atoms. The summed E-state index contributed by atoms with van der Waals surface area (Å²) in [6, 6.07) is 11.8. The van der Waals surface area contributed by atoms with E-state index < -0.39 is 10.8 Å². The molecule has 0 heterocycles. The van der Waals surface area contributed by atoms with E-state index in [1.807, 2.05) is 0 Å².